The van der Waals surface area contributed by atoms with Gasteiger partial charge in [-0.05, 0) is 12.1 Å². The average molecular weight is 273 g/mol. The number of hydrogen-bond donors (Lipinski definition) is 1. The molecule has 0 saturated heterocycles. The van der Waals surface area contributed by atoms with Crippen LogP contribution in [0, 0.1) is 0 Å². The number of hydrogen-bond acceptors (Lipinski definition) is 5. The van der Waals surface area contributed by atoms with Gasteiger partial charge in [0.15, 0.2) is 5.04 Å². The molecule has 0 bridgehead atoms. The molecule has 1 aromatic carbocycles. The van der Waals surface area contributed by atoms with Crippen molar-refractivity contribution >= 4 is 26.5 Å². The Kier molecular flexibility index (Phi) is 3.08. The van der Waals surface area contributed by atoms with Gasteiger partial charge in [-0.3, -0.25) is 0 Å². The van der Waals surface area contributed by atoms with Crippen molar-refractivity contribution in [1.82, 2.24) is 0 Å². The van der Waals surface area contributed by atoms with Crippen LogP contribution in [0.25, 0.3) is 0 Å². The first-order valence-electron chi connectivity index (χ1n) is 4.66. The van der Waals surface area contributed by atoms with Crippen LogP contribution in [0.3, 0.4) is 0 Å². The van der Waals surface area contributed by atoms with Crippen LogP contribution in [0.15, 0.2) is 40.5 Å². The van der Waals surface area contributed by atoms with Gasteiger partial charge in [0, 0.05) is 0 Å². The van der Waals surface area contributed by atoms with E-state index in [1.165, 1.54) is 0 Å². The molecule has 0 spiro atoms. The largest absolute Gasteiger partial charge is 0.485 e. The molecule has 90 valence electrons. The molecule has 0 aliphatic carbocycles. The Labute approximate surface area is 103 Å². The van der Waals surface area contributed by atoms with Gasteiger partial charge in [-0.25, -0.2) is 13.4 Å². The SMILES string of the molecule is NC1=CS(=O)(=O)C(COc2ccccc2Cl)=N1. The Morgan fingerprint density at radius 1 is 1.35 bits per heavy atom. The molecule has 1 aromatic rings. The number of nitrogens with two attached hydrogens (primary N) is 1. The normalized spacial score (nSPS) is 17.5. The third-order valence-electron chi connectivity index (χ3n) is 2.05. The van der Waals surface area contributed by atoms with E-state index in [1.807, 2.05) is 0 Å². The highest BCUT2D eigenvalue weighted by Gasteiger charge is 2.24. The van der Waals surface area contributed by atoms with E-state index in [1.54, 1.807) is 24.3 Å². The van der Waals surface area contributed by atoms with Gasteiger partial charge < -0.3 is 10.5 Å². The number of nitrogens with zero attached hydrogens (tertiary/aromatic N) is 1. The van der Waals surface area contributed by atoms with Crippen molar-refractivity contribution in [2.75, 3.05) is 6.61 Å². The zero-order valence-corrected chi connectivity index (χ0v) is 10.2. The van der Waals surface area contributed by atoms with Crippen molar-refractivity contribution in [3.63, 3.8) is 0 Å². The highest BCUT2D eigenvalue weighted by atomic mass is 35.5. The molecule has 1 heterocycles. The summed E-state index contributed by atoms with van der Waals surface area (Å²) in [6.07, 6.45) is 0. The Bertz CT molecular complexity index is 608. The molecule has 0 saturated carbocycles. The maximum atomic E-state index is 11.5. The van der Waals surface area contributed by atoms with E-state index in [0.717, 1.165) is 5.41 Å². The number of aliphatic imine (C=N–C) groups is 1. The maximum Gasteiger partial charge on any atom is 0.220 e. The van der Waals surface area contributed by atoms with Gasteiger partial charge in [0.1, 0.15) is 18.2 Å². The molecule has 0 unspecified atom stereocenters. The summed E-state index contributed by atoms with van der Waals surface area (Å²) in [7, 11) is -3.52. The molecule has 0 atom stereocenters. The monoisotopic (exact) mass is 272 g/mol. The number of sulfone groups is 1. The average Bonchev–Trinajstić information content (AvgIpc) is 2.50. The zero-order chi connectivity index (χ0) is 12.5. The van der Waals surface area contributed by atoms with E-state index in [2.05, 4.69) is 4.99 Å². The number of benzene rings is 1. The van der Waals surface area contributed by atoms with Crippen molar-refractivity contribution in [3.8, 4) is 5.75 Å². The van der Waals surface area contributed by atoms with Crippen LogP contribution in [0.2, 0.25) is 5.02 Å². The van der Waals surface area contributed by atoms with Gasteiger partial charge in [-0.1, -0.05) is 23.7 Å². The van der Waals surface area contributed by atoms with Crippen LogP contribution in [-0.4, -0.2) is 20.1 Å². The molecule has 2 rings (SSSR count). The summed E-state index contributed by atoms with van der Waals surface area (Å²) in [5.74, 6) is 0.361. The molecule has 0 aromatic heterocycles. The standard InChI is InChI=1S/C10H9ClN2O3S/c11-7-3-1-2-4-8(7)16-5-10-13-9(12)6-17(10,14)15/h1-4,6H,5,12H2. The molecule has 5 nitrogen and oxygen atoms in total. The number of rotatable bonds is 3. The summed E-state index contributed by atoms with van der Waals surface area (Å²) < 4.78 is 28.2. The maximum absolute atomic E-state index is 11.5. The Balaban J connectivity index is 2.11. The molecule has 1 aliphatic rings. The molecule has 0 amide bonds. The lowest BCUT2D eigenvalue weighted by molar-refractivity contribution is 0.378. The lowest BCUT2D eigenvalue weighted by Crippen LogP contribution is -2.18. The first-order chi connectivity index (χ1) is 7.99. The first-order valence-corrected chi connectivity index (χ1v) is 6.58. The van der Waals surface area contributed by atoms with E-state index < -0.39 is 9.84 Å². The highest BCUT2D eigenvalue weighted by Crippen LogP contribution is 2.23. The molecule has 17 heavy (non-hydrogen) atoms. The molecule has 7 heteroatoms. The lowest BCUT2D eigenvalue weighted by Gasteiger charge is -2.06. The van der Waals surface area contributed by atoms with Crippen LogP contribution < -0.4 is 10.5 Å². The fourth-order valence-electron chi connectivity index (χ4n) is 1.28. The summed E-state index contributed by atoms with van der Waals surface area (Å²) >= 11 is 5.86. The van der Waals surface area contributed by atoms with E-state index in [9.17, 15) is 8.42 Å². The molecule has 2 N–H and O–H groups in total. The van der Waals surface area contributed by atoms with Crippen LogP contribution in [0.5, 0.6) is 5.75 Å². The predicted molar refractivity (Wildman–Crippen MR) is 65.6 cm³/mol. The molecular formula is C10H9ClN2O3S. The smallest absolute Gasteiger partial charge is 0.220 e. The first kappa shape index (κ1) is 11.9. The number of ether oxygens (including phenoxy) is 1. The lowest BCUT2D eigenvalue weighted by atomic mass is 10.3. The summed E-state index contributed by atoms with van der Waals surface area (Å²) in [5.41, 5.74) is 5.31. The van der Waals surface area contributed by atoms with Crippen LogP contribution >= 0.6 is 11.6 Å². The summed E-state index contributed by atoms with van der Waals surface area (Å²) in [5, 5.41) is 1.19. The molecular weight excluding hydrogens is 264 g/mol. The van der Waals surface area contributed by atoms with Crippen LogP contribution in [-0.2, 0) is 9.84 Å². The van der Waals surface area contributed by atoms with Crippen molar-refractivity contribution in [2.45, 2.75) is 0 Å². The second-order valence-corrected chi connectivity index (χ2v) is 5.52. The molecule has 1 aliphatic heterocycles. The van der Waals surface area contributed by atoms with E-state index in [0.29, 0.717) is 10.8 Å². The molecule has 0 fully saturated rings. The summed E-state index contributed by atoms with van der Waals surface area (Å²) in [4.78, 5) is 3.69. The van der Waals surface area contributed by atoms with Gasteiger partial charge >= 0.3 is 0 Å². The Morgan fingerprint density at radius 2 is 2.06 bits per heavy atom. The van der Waals surface area contributed by atoms with Gasteiger partial charge in [-0.15, -0.1) is 0 Å². The highest BCUT2D eigenvalue weighted by molar-refractivity contribution is 8.09. The molecule has 0 radical (unpaired) electrons. The van der Waals surface area contributed by atoms with Gasteiger partial charge in [0.25, 0.3) is 0 Å². The third kappa shape index (κ3) is 2.59. The summed E-state index contributed by atoms with van der Waals surface area (Å²) in [6, 6.07) is 6.77. The second kappa shape index (κ2) is 4.38. The predicted octanol–water partition coefficient (Wildman–Crippen LogP) is 1.30. The zero-order valence-electron chi connectivity index (χ0n) is 8.63. The van der Waals surface area contributed by atoms with E-state index in [4.69, 9.17) is 22.1 Å². The quantitative estimate of drug-likeness (QED) is 0.899. The number of halogens is 1. The summed E-state index contributed by atoms with van der Waals surface area (Å²) in [6.45, 7) is -0.191. The Morgan fingerprint density at radius 3 is 2.65 bits per heavy atom. The van der Waals surface area contributed by atoms with Gasteiger partial charge in [0.2, 0.25) is 9.84 Å². The van der Waals surface area contributed by atoms with Gasteiger partial charge in [0.05, 0.1) is 10.4 Å². The van der Waals surface area contributed by atoms with Crippen LogP contribution in [0.1, 0.15) is 0 Å². The topological polar surface area (TPSA) is 81.8 Å². The Hall–Kier alpha value is -1.53. The fourth-order valence-corrected chi connectivity index (χ4v) is 2.43. The van der Waals surface area contributed by atoms with Gasteiger partial charge in [-0.2, -0.15) is 0 Å². The van der Waals surface area contributed by atoms with Crippen molar-refractivity contribution in [2.24, 2.45) is 10.7 Å². The minimum Gasteiger partial charge on any atom is -0.485 e. The van der Waals surface area contributed by atoms with Crippen LogP contribution in [0.4, 0.5) is 0 Å². The second-order valence-electron chi connectivity index (χ2n) is 3.31. The minimum atomic E-state index is -3.52. The van der Waals surface area contributed by atoms with E-state index >= 15 is 0 Å². The number of para-hydroxylation sites is 1. The third-order valence-corrected chi connectivity index (χ3v) is 3.78. The fraction of sp³-hybridized carbons (Fsp3) is 0.100. The minimum absolute atomic E-state index is 0.0391. The van der Waals surface area contributed by atoms with E-state index in [-0.39, 0.29) is 17.5 Å². The van der Waals surface area contributed by atoms with Crippen molar-refractivity contribution in [3.05, 3.63) is 40.5 Å². The van der Waals surface area contributed by atoms with Crippen molar-refractivity contribution in [1.29, 1.82) is 0 Å². The van der Waals surface area contributed by atoms with Crippen molar-refractivity contribution < 1.29 is 13.2 Å².